The van der Waals surface area contributed by atoms with Gasteiger partial charge in [-0.25, -0.2) is 4.98 Å². The molecule has 0 atom stereocenters. The van der Waals surface area contributed by atoms with Gasteiger partial charge in [0.25, 0.3) is 11.4 Å². The number of aromatic nitrogens is 2. The van der Waals surface area contributed by atoms with Crippen LogP contribution >= 0.6 is 0 Å². The molecule has 0 bridgehead atoms. The maximum Gasteiger partial charge on any atom is 0.416 e. The molecule has 0 aliphatic heterocycles. The number of aryl methyl sites for hydroxylation is 1. The molecule has 152 valence electrons. The molecule has 29 heavy (non-hydrogen) atoms. The van der Waals surface area contributed by atoms with Crippen LogP contribution in [0.5, 0.6) is 0 Å². The Morgan fingerprint density at radius 3 is 2.14 bits per heavy atom. The zero-order valence-corrected chi connectivity index (χ0v) is 15.2. The fourth-order valence-corrected chi connectivity index (χ4v) is 3.07. The lowest BCUT2D eigenvalue weighted by Crippen LogP contribution is -2.22. The highest BCUT2D eigenvalue weighted by Gasteiger charge is 2.38. The number of nitro groups is 2. The van der Waals surface area contributed by atoms with E-state index in [1.807, 2.05) is 0 Å². The minimum atomic E-state index is -4.97. The Balaban J connectivity index is 2.13. The van der Waals surface area contributed by atoms with Crippen LogP contribution in [0.3, 0.4) is 0 Å². The number of para-hydroxylation sites is 2. The van der Waals surface area contributed by atoms with Crippen molar-refractivity contribution in [2.75, 3.05) is 11.9 Å². The summed E-state index contributed by atoms with van der Waals surface area (Å²) in [5.74, 6) is 0.428. The molecule has 0 saturated carbocycles. The van der Waals surface area contributed by atoms with E-state index in [0.29, 0.717) is 23.5 Å². The Hall–Kier alpha value is -3.70. The Morgan fingerprint density at radius 1 is 1.10 bits per heavy atom. The second kappa shape index (κ2) is 7.04. The largest absolute Gasteiger partial charge is 0.416 e. The fraction of sp³-hybridized carbons (Fsp3) is 0.235. The monoisotopic (exact) mass is 409 g/mol. The standard InChI is InChI=1S/C17H14F3N5O4/c1-22(9-15-21-11-5-3-4-6-12(11)23(15)2)16-13(24(26)27)7-10(17(18,19)20)8-14(16)25(28)29/h3-8H,9H2,1-2H3. The number of nitrogens with zero attached hydrogens (tertiary/aromatic N) is 5. The van der Waals surface area contributed by atoms with E-state index in [1.165, 1.54) is 7.05 Å². The van der Waals surface area contributed by atoms with Crippen LogP contribution in [-0.2, 0) is 19.8 Å². The first-order chi connectivity index (χ1) is 13.5. The summed E-state index contributed by atoms with van der Waals surface area (Å²) in [5.41, 5.74) is -2.58. The third-order valence-corrected chi connectivity index (χ3v) is 4.43. The number of nitro benzene ring substituents is 2. The Labute approximate surface area is 161 Å². The van der Waals surface area contributed by atoms with Gasteiger partial charge in [-0.05, 0) is 12.1 Å². The highest BCUT2D eigenvalue weighted by atomic mass is 19.4. The number of fused-ring (bicyclic) bond motifs is 1. The van der Waals surface area contributed by atoms with E-state index in [4.69, 9.17) is 0 Å². The van der Waals surface area contributed by atoms with E-state index >= 15 is 0 Å². The molecule has 9 nitrogen and oxygen atoms in total. The maximum atomic E-state index is 13.1. The van der Waals surface area contributed by atoms with Gasteiger partial charge in [-0.2, -0.15) is 13.2 Å². The van der Waals surface area contributed by atoms with Crippen molar-refractivity contribution in [1.82, 2.24) is 9.55 Å². The summed E-state index contributed by atoms with van der Waals surface area (Å²) in [4.78, 5) is 26.2. The maximum absolute atomic E-state index is 13.1. The molecule has 3 rings (SSSR count). The molecule has 12 heteroatoms. The molecule has 3 aromatic rings. The van der Waals surface area contributed by atoms with Crippen LogP contribution in [0.25, 0.3) is 11.0 Å². The van der Waals surface area contributed by atoms with Crippen molar-refractivity contribution in [1.29, 1.82) is 0 Å². The summed E-state index contributed by atoms with van der Waals surface area (Å²) in [6.07, 6.45) is -4.97. The molecule has 1 heterocycles. The van der Waals surface area contributed by atoms with Crippen molar-refractivity contribution >= 4 is 28.1 Å². The quantitative estimate of drug-likeness (QED) is 0.465. The number of hydrogen-bond acceptors (Lipinski definition) is 6. The number of hydrogen-bond donors (Lipinski definition) is 0. The minimum Gasteiger partial charge on any atom is -0.356 e. The zero-order valence-electron chi connectivity index (χ0n) is 15.2. The highest BCUT2D eigenvalue weighted by molar-refractivity contribution is 5.77. The molecular weight excluding hydrogens is 395 g/mol. The van der Waals surface area contributed by atoms with Gasteiger partial charge < -0.3 is 9.47 Å². The number of rotatable bonds is 5. The van der Waals surface area contributed by atoms with Crippen LogP contribution in [0.1, 0.15) is 11.4 Å². The van der Waals surface area contributed by atoms with E-state index in [2.05, 4.69) is 4.98 Å². The van der Waals surface area contributed by atoms with Gasteiger partial charge in [-0.15, -0.1) is 0 Å². The Bertz CT molecular complexity index is 1090. The summed E-state index contributed by atoms with van der Waals surface area (Å²) < 4.78 is 40.9. The van der Waals surface area contributed by atoms with E-state index in [-0.39, 0.29) is 6.54 Å². The number of anilines is 1. The zero-order chi connectivity index (χ0) is 21.5. The smallest absolute Gasteiger partial charge is 0.356 e. The summed E-state index contributed by atoms with van der Waals surface area (Å²) in [6, 6.07) is 7.72. The molecule has 0 N–H and O–H groups in total. The summed E-state index contributed by atoms with van der Waals surface area (Å²) >= 11 is 0. The van der Waals surface area contributed by atoms with Crippen LogP contribution in [-0.4, -0.2) is 26.4 Å². The molecule has 0 fully saturated rings. The van der Waals surface area contributed by atoms with Gasteiger partial charge in [0.1, 0.15) is 5.82 Å². The van der Waals surface area contributed by atoms with Crippen LogP contribution in [0, 0.1) is 20.2 Å². The molecule has 0 radical (unpaired) electrons. The molecular formula is C17H14F3N5O4. The van der Waals surface area contributed by atoms with Crippen molar-refractivity contribution in [3.63, 3.8) is 0 Å². The Morgan fingerprint density at radius 2 is 1.66 bits per heavy atom. The number of alkyl halides is 3. The predicted octanol–water partition coefficient (Wildman–Crippen LogP) is 4.04. The predicted molar refractivity (Wildman–Crippen MR) is 97.6 cm³/mol. The number of halogens is 3. The van der Waals surface area contributed by atoms with Crippen molar-refractivity contribution in [3.05, 3.63) is 68.0 Å². The van der Waals surface area contributed by atoms with Crippen molar-refractivity contribution in [3.8, 4) is 0 Å². The lowest BCUT2D eigenvalue weighted by Gasteiger charge is -2.19. The van der Waals surface area contributed by atoms with Gasteiger partial charge in [0.15, 0.2) is 5.69 Å². The van der Waals surface area contributed by atoms with E-state index in [1.54, 1.807) is 35.9 Å². The third-order valence-electron chi connectivity index (χ3n) is 4.43. The van der Waals surface area contributed by atoms with Gasteiger partial charge in [-0.3, -0.25) is 20.2 Å². The lowest BCUT2D eigenvalue weighted by atomic mass is 10.1. The average Bonchev–Trinajstić information content (AvgIpc) is 2.95. The van der Waals surface area contributed by atoms with Gasteiger partial charge in [-0.1, -0.05) is 12.1 Å². The summed E-state index contributed by atoms with van der Waals surface area (Å²) in [7, 11) is 3.02. The molecule has 0 unspecified atom stereocenters. The molecule has 0 aliphatic carbocycles. The van der Waals surface area contributed by atoms with Crippen molar-refractivity contribution < 1.29 is 23.0 Å². The van der Waals surface area contributed by atoms with Crippen LogP contribution in [0.2, 0.25) is 0 Å². The highest BCUT2D eigenvalue weighted by Crippen LogP contribution is 2.43. The number of imidazole rings is 1. The topological polar surface area (TPSA) is 107 Å². The molecule has 1 aromatic heterocycles. The molecule has 0 spiro atoms. The normalized spacial score (nSPS) is 11.6. The van der Waals surface area contributed by atoms with Gasteiger partial charge in [0.2, 0.25) is 0 Å². The summed E-state index contributed by atoms with van der Waals surface area (Å²) in [6.45, 7) is -0.0990. The van der Waals surface area contributed by atoms with Crippen LogP contribution in [0.4, 0.5) is 30.2 Å². The third kappa shape index (κ3) is 3.68. The van der Waals surface area contributed by atoms with E-state index in [9.17, 15) is 33.4 Å². The second-order valence-corrected chi connectivity index (χ2v) is 6.31. The Kier molecular flexibility index (Phi) is 4.86. The molecule has 0 saturated heterocycles. The SMILES string of the molecule is CN(Cc1nc2ccccc2n1C)c1c([N+](=O)[O-])cc(C(F)(F)F)cc1[N+](=O)[O-]. The minimum absolute atomic E-state index is 0.0990. The van der Waals surface area contributed by atoms with Gasteiger partial charge >= 0.3 is 6.18 Å². The van der Waals surface area contributed by atoms with E-state index < -0.39 is 38.6 Å². The molecule has 0 amide bonds. The van der Waals surface area contributed by atoms with Crippen LogP contribution in [0.15, 0.2) is 36.4 Å². The first-order valence-corrected chi connectivity index (χ1v) is 8.16. The van der Waals surface area contributed by atoms with Crippen molar-refractivity contribution in [2.45, 2.75) is 12.7 Å². The lowest BCUT2D eigenvalue weighted by molar-refractivity contribution is -0.393. The molecule has 2 aromatic carbocycles. The van der Waals surface area contributed by atoms with Crippen LogP contribution < -0.4 is 4.90 Å². The first kappa shape index (κ1) is 20.0. The van der Waals surface area contributed by atoms with Crippen molar-refractivity contribution in [2.24, 2.45) is 7.05 Å². The fourth-order valence-electron chi connectivity index (χ4n) is 3.07. The van der Waals surface area contributed by atoms with Gasteiger partial charge in [0, 0.05) is 26.2 Å². The van der Waals surface area contributed by atoms with Gasteiger partial charge in [0.05, 0.1) is 33.0 Å². The first-order valence-electron chi connectivity index (χ1n) is 8.16. The second-order valence-electron chi connectivity index (χ2n) is 6.31. The number of benzene rings is 2. The summed E-state index contributed by atoms with van der Waals surface area (Å²) in [5, 5.41) is 22.8. The van der Waals surface area contributed by atoms with E-state index in [0.717, 1.165) is 10.4 Å². The average molecular weight is 409 g/mol. The molecule has 0 aliphatic rings.